The van der Waals surface area contributed by atoms with E-state index in [1.165, 1.54) is 0 Å². The van der Waals surface area contributed by atoms with Crippen molar-refractivity contribution in [2.75, 3.05) is 26.4 Å². The lowest BCUT2D eigenvalue weighted by molar-refractivity contribution is -0.152. The van der Waals surface area contributed by atoms with Gasteiger partial charge in [-0.05, 0) is 62.1 Å². The minimum Gasteiger partial charge on any atom is -0.494 e. The molecular weight excluding hydrogens is 911 g/mol. The van der Waals surface area contributed by atoms with Gasteiger partial charge < -0.3 is 28.7 Å². The van der Waals surface area contributed by atoms with Crippen LogP contribution in [0.2, 0.25) is 0 Å². The summed E-state index contributed by atoms with van der Waals surface area (Å²) in [4.78, 5) is 42.8. The second-order valence-electron chi connectivity index (χ2n) is 14.9. The van der Waals surface area contributed by atoms with Crippen molar-refractivity contribution in [2.45, 2.75) is 146 Å². The SMILES string of the molecule is O=C(CCCCCCCCCCOc1cc(C(F)(F)F)cc(C(F)(F)F)c1)OCC(COC(=O)CCCCCCCCCCOc1cc(C(F)(F)F)cc(C(F)(F)F)c1)OP(=O)(O)O. The Bertz CT molecular complexity index is 1570. The standard InChI is InChI=1S/C41H53F12O10P/c42-38(43,44)29-21-30(39(45,46)47)24-33(23-29)59-19-15-11-7-3-1-5-9-13-17-36(54)61-27-35(63-64(56,57)58)28-62-37(55)18-14-10-6-2-4-8-12-16-20-60-34-25-31(40(48,49)50)22-32(26-34)41(51,52)53/h21-26,35H,1-20,27-28H2,(H2,56,57,58). The number of hydrogen-bond acceptors (Lipinski definition) is 8. The molecule has 0 aromatic heterocycles. The lowest BCUT2D eigenvalue weighted by atomic mass is 10.1. The molecule has 0 saturated carbocycles. The van der Waals surface area contributed by atoms with Crippen molar-refractivity contribution in [1.29, 1.82) is 0 Å². The molecule has 2 rings (SSSR count). The molecule has 0 heterocycles. The Labute approximate surface area is 362 Å². The fraction of sp³-hybridized carbons (Fsp3) is 0.659. The molecule has 2 aromatic rings. The van der Waals surface area contributed by atoms with Crippen LogP contribution in [0.15, 0.2) is 36.4 Å². The molecule has 0 fully saturated rings. The van der Waals surface area contributed by atoms with Crippen LogP contribution in [0.4, 0.5) is 52.7 Å². The molecule has 2 N–H and O–H groups in total. The van der Waals surface area contributed by atoms with Crippen molar-refractivity contribution >= 4 is 19.8 Å². The average molecular weight is 965 g/mol. The first-order chi connectivity index (χ1) is 29.7. The zero-order chi connectivity index (χ0) is 48.0. The Morgan fingerprint density at radius 3 is 0.984 bits per heavy atom. The monoisotopic (exact) mass is 964 g/mol. The molecular formula is C41H53F12O10P. The minimum atomic E-state index is -5.04. The minimum absolute atomic E-state index is 0.00187. The molecule has 0 aliphatic rings. The third kappa shape index (κ3) is 25.1. The summed E-state index contributed by atoms with van der Waals surface area (Å²) in [5, 5.41) is 0. The van der Waals surface area contributed by atoms with Crippen LogP contribution in [0.3, 0.4) is 0 Å². The lowest BCUT2D eigenvalue weighted by Gasteiger charge is -2.18. The van der Waals surface area contributed by atoms with E-state index < -0.39 is 97.5 Å². The second kappa shape index (κ2) is 27.0. The van der Waals surface area contributed by atoms with Gasteiger partial charge >= 0.3 is 44.5 Å². The predicted molar refractivity (Wildman–Crippen MR) is 206 cm³/mol. The highest BCUT2D eigenvalue weighted by atomic mass is 31.2. The van der Waals surface area contributed by atoms with Crippen molar-refractivity contribution in [1.82, 2.24) is 0 Å². The van der Waals surface area contributed by atoms with E-state index in [1.807, 2.05) is 0 Å². The molecule has 23 heteroatoms. The van der Waals surface area contributed by atoms with Crippen LogP contribution >= 0.6 is 7.82 Å². The van der Waals surface area contributed by atoms with E-state index in [2.05, 4.69) is 4.52 Å². The second-order valence-corrected chi connectivity index (χ2v) is 16.1. The summed E-state index contributed by atoms with van der Waals surface area (Å²) < 4.78 is 192. The van der Waals surface area contributed by atoms with Crippen molar-refractivity contribution in [3.05, 3.63) is 58.7 Å². The summed E-state index contributed by atoms with van der Waals surface area (Å²) in [6, 6.07) is 2.16. The Hall–Kier alpha value is -3.75. The molecule has 0 amide bonds. The molecule has 366 valence electrons. The number of unbranched alkanes of at least 4 members (excludes halogenated alkanes) is 14. The molecule has 0 saturated heterocycles. The van der Waals surface area contributed by atoms with Gasteiger partial charge in [0.05, 0.1) is 35.5 Å². The molecule has 10 nitrogen and oxygen atoms in total. The topological polar surface area (TPSA) is 138 Å². The van der Waals surface area contributed by atoms with Gasteiger partial charge in [0, 0.05) is 12.8 Å². The summed E-state index contributed by atoms with van der Waals surface area (Å²) >= 11 is 0. The maximum Gasteiger partial charge on any atom is 0.470 e. The third-order valence-corrected chi connectivity index (χ3v) is 9.93. The first-order valence-electron chi connectivity index (χ1n) is 20.6. The summed E-state index contributed by atoms with van der Waals surface area (Å²) in [7, 11) is -5.04. The fourth-order valence-electron chi connectivity index (χ4n) is 6.08. The Morgan fingerprint density at radius 1 is 0.453 bits per heavy atom. The van der Waals surface area contributed by atoms with Gasteiger partial charge in [-0.15, -0.1) is 0 Å². The van der Waals surface area contributed by atoms with Gasteiger partial charge in [0.1, 0.15) is 30.8 Å². The molecule has 0 aliphatic heterocycles. The molecule has 0 atom stereocenters. The molecule has 0 bridgehead atoms. The first-order valence-corrected chi connectivity index (χ1v) is 22.2. The van der Waals surface area contributed by atoms with E-state index in [4.69, 9.17) is 18.9 Å². The van der Waals surface area contributed by atoms with Crippen molar-refractivity contribution in [3.8, 4) is 11.5 Å². The lowest BCUT2D eigenvalue weighted by Crippen LogP contribution is -2.27. The van der Waals surface area contributed by atoms with Gasteiger partial charge in [-0.3, -0.25) is 14.1 Å². The Kier molecular flexibility index (Phi) is 23.8. The zero-order valence-corrected chi connectivity index (χ0v) is 35.6. The number of hydrogen-bond donors (Lipinski definition) is 2. The number of carbonyl (C=O) groups excluding carboxylic acids is 2. The number of phosphoric acid groups is 1. The normalized spacial score (nSPS) is 12.7. The quantitative estimate of drug-likeness (QED) is 0.0337. The molecule has 0 aliphatic carbocycles. The summed E-state index contributed by atoms with van der Waals surface area (Å²) in [5.41, 5.74) is -5.82. The van der Waals surface area contributed by atoms with Crippen molar-refractivity contribution in [2.24, 2.45) is 0 Å². The van der Waals surface area contributed by atoms with E-state index in [-0.39, 0.29) is 38.2 Å². The Morgan fingerprint density at radius 2 is 0.719 bits per heavy atom. The van der Waals surface area contributed by atoms with Crippen LogP contribution in [0.25, 0.3) is 0 Å². The first kappa shape index (κ1) is 56.4. The smallest absolute Gasteiger partial charge is 0.470 e. The van der Waals surface area contributed by atoms with Crippen LogP contribution in [-0.2, 0) is 52.9 Å². The third-order valence-electron chi connectivity index (χ3n) is 9.36. The maximum atomic E-state index is 13.0. The van der Waals surface area contributed by atoms with Gasteiger partial charge in [0.15, 0.2) is 0 Å². The van der Waals surface area contributed by atoms with Gasteiger partial charge in [-0.1, -0.05) is 77.0 Å². The average Bonchev–Trinajstić information content (AvgIpc) is 3.18. The fourth-order valence-corrected chi connectivity index (χ4v) is 6.59. The highest BCUT2D eigenvalue weighted by molar-refractivity contribution is 7.46. The molecule has 0 unspecified atom stereocenters. The number of benzene rings is 2. The molecule has 0 spiro atoms. The maximum absolute atomic E-state index is 13.0. The number of halogens is 12. The molecule has 0 radical (unpaired) electrons. The van der Waals surface area contributed by atoms with Crippen LogP contribution in [0, 0.1) is 0 Å². The van der Waals surface area contributed by atoms with E-state index in [0.29, 0.717) is 75.6 Å². The zero-order valence-electron chi connectivity index (χ0n) is 34.7. The Balaban J connectivity index is 1.52. The number of ether oxygens (including phenoxy) is 4. The number of alkyl halides is 12. The van der Waals surface area contributed by atoms with Gasteiger partial charge in [-0.25, -0.2) is 4.57 Å². The highest BCUT2D eigenvalue weighted by Crippen LogP contribution is 2.40. The summed E-state index contributed by atoms with van der Waals surface area (Å²) in [6.45, 7) is -1.31. The summed E-state index contributed by atoms with van der Waals surface area (Å²) in [6.07, 6.45) is -10.9. The van der Waals surface area contributed by atoms with E-state index >= 15 is 0 Å². The largest absolute Gasteiger partial charge is 0.494 e. The number of phosphoric ester groups is 1. The molecule has 2 aromatic carbocycles. The van der Waals surface area contributed by atoms with Gasteiger partial charge in [-0.2, -0.15) is 52.7 Å². The molecule has 64 heavy (non-hydrogen) atoms. The highest BCUT2D eigenvalue weighted by Gasteiger charge is 2.38. The van der Waals surface area contributed by atoms with E-state index in [1.54, 1.807) is 0 Å². The van der Waals surface area contributed by atoms with E-state index in [9.17, 15) is 76.6 Å². The van der Waals surface area contributed by atoms with Crippen LogP contribution in [0.5, 0.6) is 11.5 Å². The van der Waals surface area contributed by atoms with Gasteiger partial charge in [0.2, 0.25) is 0 Å². The van der Waals surface area contributed by atoms with Crippen LogP contribution in [-0.4, -0.2) is 54.3 Å². The van der Waals surface area contributed by atoms with Crippen molar-refractivity contribution in [3.63, 3.8) is 0 Å². The van der Waals surface area contributed by atoms with Crippen LogP contribution < -0.4 is 9.47 Å². The summed E-state index contributed by atoms with van der Waals surface area (Å²) in [5.74, 6) is -2.37. The number of esters is 2. The number of rotatable bonds is 30. The predicted octanol–water partition coefficient (Wildman–Crippen LogP) is 12.8. The van der Waals surface area contributed by atoms with Crippen molar-refractivity contribution < 1.29 is 100 Å². The van der Waals surface area contributed by atoms with E-state index in [0.717, 1.165) is 51.4 Å². The van der Waals surface area contributed by atoms with Gasteiger partial charge in [0.25, 0.3) is 0 Å². The van der Waals surface area contributed by atoms with Crippen LogP contribution in [0.1, 0.15) is 138 Å². The number of carbonyl (C=O) groups is 2.